The van der Waals surface area contributed by atoms with E-state index < -0.39 is 0 Å². The molecule has 138 valence electrons. The fourth-order valence-corrected chi connectivity index (χ4v) is 3.83. The summed E-state index contributed by atoms with van der Waals surface area (Å²) in [7, 11) is 2.10. The molecule has 0 fully saturated rings. The van der Waals surface area contributed by atoms with E-state index in [0.29, 0.717) is 0 Å². The van der Waals surface area contributed by atoms with Gasteiger partial charge in [0.2, 0.25) is 17.1 Å². The number of rotatable bonds is 3. The van der Waals surface area contributed by atoms with Gasteiger partial charge in [0.1, 0.15) is 12.6 Å². The van der Waals surface area contributed by atoms with Crippen molar-refractivity contribution in [2.75, 3.05) is 0 Å². The summed E-state index contributed by atoms with van der Waals surface area (Å²) in [4.78, 5) is 0. The average Bonchev–Trinajstić information content (AvgIpc) is 2.69. The monoisotopic (exact) mass is 366 g/mol. The molecule has 0 aliphatic carbocycles. The lowest BCUT2D eigenvalue weighted by Crippen LogP contribution is -2.36. The predicted molar refractivity (Wildman–Crippen MR) is 114 cm³/mol. The molecular weight excluding hydrogens is 340 g/mol. The lowest BCUT2D eigenvalue weighted by molar-refractivity contribution is -0.661. The lowest BCUT2D eigenvalue weighted by Gasteiger charge is -2.10. The zero-order valence-electron chi connectivity index (χ0n) is 17.0. The number of aryl methyl sites for hydroxylation is 4. The third-order valence-corrected chi connectivity index (χ3v) is 5.26. The van der Waals surface area contributed by atoms with Gasteiger partial charge < -0.3 is 0 Å². The zero-order chi connectivity index (χ0) is 19.7. The van der Waals surface area contributed by atoms with Crippen LogP contribution < -0.4 is 9.13 Å². The minimum atomic E-state index is 1.19. The van der Waals surface area contributed by atoms with E-state index in [0.717, 1.165) is 0 Å². The highest BCUT2D eigenvalue weighted by atomic mass is 15.0. The predicted octanol–water partition coefficient (Wildman–Crippen LogP) is 5.05. The van der Waals surface area contributed by atoms with Crippen LogP contribution in [0.3, 0.4) is 0 Å². The molecule has 0 bridgehead atoms. The first-order chi connectivity index (χ1) is 13.5. The topological polar surface area (TPSA) is 7.76 Å². The normalized spacial score (nSPS) is 10.9. The van der Waals surface area contributed by atoms with Crippen LogP contribution in [0.1, 0.15) is 16.7 Å². The molecule has 28 heavy (non-hydrogen) atoms. The molecule has 0 aliphatic rings. The minimum Gasteiger partial charge on any atom is -0.201 e. The molecule has 4 aromatic rings. The Balaban J connectivity index is 1.99. The largest absolute Gasteiger partial charge is 0.225 e. The molecule has 0 saturated heterocycles. The molecule has 2 aromatic heterocycles. The molecule has 0 N–H and O–H groups in total. The molecule has 2 nitrogen and oxygen atoms in total. The molecule has 0 radical (unpaired) electrons. The number of pyridine rings is 2. The summed E-state index contributed by atoms with van der Waals surface area (Å²) in [6.07, 6.45) is 4.26. The molecule has 0 unspecified atom stereocenters. The molecule has 0 aliphatic heterocycles. The summed E-state index contributed by atoms with van der Waals surface area (Å²) < 4.78 is 4.49. The highest BCUT2D eigenvalue weighted by Crippen LogP contribution is 2.26. The van der Waals surface area contributed by atoms with Crippen LogP contribution >= 0.6 is 0 Å². The third-order valence-electron chi connectivity index (χ3n) is 5.26. The maximum atomic E-state index is 2.31. The van der Waals surface area contributed by atoms with Crippen LogP contribution in [0.15, 0.2) is 85.2 Å². The van der Waals surface area contributed by atoms with Crippen molar-refractivity contribution in [1.29, 1.82) is 0 Å². The van der Waals surface area contributed by atoms with Crippen molar-refractivity contribution in [3.63, 3.8) is 0 Å². The molecular formula is C26H26N2+2. The Morgan fingerprint density at radius 3 is 1.96 bits per heavy atom. The second-order valence-electron chi connectivity index (χ2n) is 7.49. The minimum absolute atomic E-state index is 1.19. The molecule has 0 atom stereocenters. The Bertz CT molecular complexity index is 1160. The summed E-state index contributed by atoms with van der Waals surface area (Å²) in [6, 6.07) is 26.1. The number of benzene rings is 2. The third kappa shape index (κ3) is 3.34. The van der Waals surface area contributed by atoms with Gasteiger partial charge in [0.05, 0.1) is 0 Å². The number of aromatic nitrogens is 2. The van der Waals surface area contributed by atoms with E-state index in [1.165, 1.54) is 44.9 Å². The van der Waals surface area contributed by atoms with E-state index >= 15 is 0 Å². The number of hydrogen-bond donors (Lipinski definition) is 0. The van der Waals surface area contributed by atoms with Crippen LogP contribution in [0.25, 0.3) is 28.2 Å². The van der Waals surface area contributed by atoms with Gasteiger partial charge in [-0.25, -0.2) is 4.57 Å². The Morgan fingerprint density at radius 1 is 0.607 bits per heavy atom. The van der Waals surface area contributed by atoms with Crippen molar-refractivity contribution in [3.05, 3.63) is 102 Å². The van der Waals surface area contributed by atoms with Gasteiger partial charge in [0.25, 0.3) is 0 Å². The molecule has 0 amide bonds. The summed E-state index contributed by atoms with van der Waals surface area (Å²) in [5.41, 5.74) is 9.89. The second kappa shape index (κ2) is 7.40. The molecule has 4 rings (SSSR count). The van der Waals surface area contributed by atoms with Gasteiger partial charge in [-0.05, 0) is 56.2 Å². The fourth-order valence-electron chi connectivity index (χ4n) is 3.83. The fraction of sp³-hybridized carbons (Fsp3) is 0.154. The van der Waals surface area contributed by atoms with E-state index in [9.17, 15) is 0 Å². The van der Waals surface area contributed by atoms with Crippen molar-refractivity contribution in [3.8, 4) is 28.2 Å². The van der Waals surface area contributed by atoms with Crippen molar-refractivity contribution in [2.24, 2.45) is 7.05 Å². The van der Waals surface area contributed by atoms with E-state index in [4.69, 9.17) is 0 Å². The quantitative estimate of drug-likeness (QED) is 0.448. The van der Waals surface area contributed by atoms with Gasteiger partial charge in [0.15, 0.2) is 12.4 Å². The van der Waals surface area contributed by atoms with Crippen molar-refractivity contribution >= 4 is 0 Å². The van der Waals surface area contributed by atoms with Gasteiger partial charge >= 0.3 is 0 Å². The van der Waals surface area contributed by atoms with Gasteiger partial charge in [-0.15, -0.1) is 0 Å². The van der Waals surface area contributed by atoms with Crippen LogP contribution in [-0.2, 0) is 7.05 Å². The van der Waals surface area contributed by atoms with Gasteiger partial charge in [-0.1, -0.05) is 23.8 Å². The van der Waals surface area contributed by atoms with Crippen LogP contribution in [0.4, 0.5) is 0 Å². The summed E-state index contributed by atoms with van der Waals surface area (Å²) in [5.74, 6) is 0. The molecule has 2 aromatic carbocycles. The van der Waals surface area contributed by atoms with E-state index in [1.807, 2.05) is 0 Å². The standard InChI is InChI=1S/C26H26N2/c1-19-11-13-22(21(3)17-19)25-10-6-8-16-28(25)26-18-20(2)12-14-23(26)24-9-5-7-15-27(24)4/h5-18H,1-4H3/q+2. The van der Waals surface area contributed by atoms with Gasteiger partial charge in [-0.2, -0.15) is 4.57 Å². The Kier molecular flexibility index (Phi) is 4.79. The Labute approximate surface area is 167 Å². The zero-order valence-corrected chi connectivity index (χ0v) is 17.0. The summed E-state index contributed by atoms with van der Waals surface area (Å²) >= 11 is 0. The van der Waals surface area contributed by atoms with E-state index in [2.05, 4.69) is 122 Å². The maximum absolute atomic E-state index is 2.31. The first-order valence-corrected chi connectivity index (χ1v) is 9.69. The smallest absolute Gasteiger partial charge is 0.201 e. The first kappa shape index (κ1) is 18.1. The average molecular weight is 367 g/mol. The van der Waals surface area contributed by atoms with Crippen molar-refractivity contribution < 1.29 is 9.13 Å². The molecule has 0 spiro atoms. The molecule has 2 heterocycles. The number of nitrogens with zero attached hydrogens (tertiary/aromatic N) is 2. The lowest BCUT2D eigenvalue weighted by atomic mass is 10.0. The maximum Gasteiger partial charge on any atom is 0.225 e. The van der Waals surface area contributed by atoms with E-state index in [-0.39, 0.29) is 0 Å². The van der Waals surface area contributed by atoms with Crippen LogP contribution in [0.2, 0.25) is 0 Å². The summed E-state index contributed by atoms with van der Waals surface area (Å²) in [6.45, 7) is 6.48. The molecule has 2 heteroatoms. The Morgan fingerprint density at radius 2 is 1.25 bits per heavy atom. The Hall–Kier alpha value is -3.26. The van der Waals surface area contributed by atoms with E-state index in [1.54, 1.807) is 0 Å². The van der Waals surface area contributed by atoms with Crippen molar-refractivity contribution in [2.45, 2.75) is 20.8 Å². The molecule has 0 saturated carbocycles. The van der Waals surface area contributed by atoms with Gasteiger partial charge in [-0.3, -0.25) is 0 Å². The van der Waals surface area contributed by atoms with Crippen LogP contribution in [-0.4, -0.2) is 0 Å². The van der Waals surface area contributed by atoms with Crippen LogP contribution in [0.5, 0.6) is 0 Å². The van der Waals surface area contributed by atoms with Crippen LogP contribution in [0, 0.1) is 20.8 Å². The number of hydrogen-bond acceptors (Lipinski definition) is 0. The van der Waals surface area contributed by atoms with Crippen molar-refractivity contribution in [1.82, 2.24) is 0 Å². The highest BCUT2D eigenvalue weighted by Gasteiger charge is 2.24. The highest BCUT2D eigenvalue weighted by molar-refractivity contribution is 5.68. The first-order valence-electron chi connectivity index (χ1n) is 9.69. The van der Waals surface area contributed by atoms with Gasteiger partial charge in [0, 0.05) is 35.9 Å². The summed E-state index contributed by atoms with van der Waals surface area (Å²) in [5, 5.41) is 0. The second-order valence-corrected chi connectivity index (χ2v) is 7.49. The SMILES string of the molecule is Cc1ccc(-c2cccc[n+]2-c2cc(C)ccc2-c2cccc[n+]2C)c(C)c1.